The van der Waals surface area contributed by atoms with E-state index in [1.165, 1.54) is 23.0 Å². The summed E-state index contributed by atoms with van der Waals surface area (Å²) in [4.78, 5) is 16.4. The van der Waals surface area contributed by atoms with E-state index >= 15 is 0 Å². The van der Waals surface area contributed by atoms with Crippen molar-refractivity contribution in [3.8, 4) is 11.5 Å². The summed E-state index contributed by atoms with van der Waals surface area (Å²) in [6.45, 7) is -1.24. The summed E-state index contributed by atoms with van der Waals surface area (Å²) in [6, 6.07) is 2.96. The highest BCUT2D eigenvalue weighted by molar-refractivity contribution is 5.81. The number of hydrogen-bond donors (Lipinski definition) is 4. The molecule has 1 aromatic heterocycles. The standard InChI is InChI=1S/C15H18N2O9/c1-17-8-16-10-7-12-11(6-9(10)13(17)18)23-2-4-25-14(19,20)15(21,22)26-5-3-24-12/h6-8,19-22H,2-5H2,1H3. The number of benzene rings is 1. The molecule has 1 aromatic carbocycles. The van der Waals surface area contributed by atoms with E-state index in [2.05, 4.69) is 14.5 Å². The van der Waals surface area contributed by atoms with Gasteiger partial charge in [0.25, 0.3) is 5.56 Å². The second-order valence-corrected chi connectivity index (χ2v) is 5.59. The highest BCUT2D eigenvalue weighted by atomic mass is 16.9. The molecular weight excluding hydrogens is 352 g/mol. The van der Waals surface area contributed by atoms with Crippen LogP contribution < -0.4 is 15.0 Å². The average molecular weight is 370 g/mol. The van der Waals surface area contributed by atoms with Crippen LogP contribution in [0.5, 0.6) is 11.5 Å². The van der Waals surface area contributed by atoms with Gasteiger partial charge in [0.1, 0.15) is 13.2 Å². The van der Waals surface area contributed by atoms with Crippen LogP contribution in [0.3, 0.4) is 0 Å². The summed E-state index contributed by atoms with van der Waals surface area (Å²) >= 11 is 0. The topological polar surface area (TPSA) is 153 Å². The maximum absolute atomic E-state index is 12.2. The molecule has 11 nitrogen and oxygen atoms in total. The molecule has 0 fully saturated rings. The molecule has 3 rings (SSSR count). The van der Waals surface area contributed by atoms with Crippen molar-refractivity contribution < 1.29 is 39.4 Å². The molecule has 1 aliphatic rings. The molecule has 0 atom stereocenters. The second kappa shape index (κ2) is 6.79. The minimum Gasteiger partial charge on any atom is -0.487 e. The Hall–Kier alpha value is -2.28. The van der Waals surface area contributed by atoms with Gasteiger partial charge in [-0.1, -0.05) is 0 Å². The van der Waals surface area contributed by atoms with Gasteiger partial charge in [-0.25, -0.2) is 4.98 Å². The van der Waals surface area contributed by atoms with Crippen LogP contribution in [0.1, 0.15) is 0 Å². The zero-order valence-electron chi connectivity index (χ0n) is 13.8. The van der Waals surface area contributed by atoms with Crippen LogP contribution in [0.25, 0.3) is 10.9 Å². The lowest BCUT2D eigenvalue weighted by molar-refractivity contribution is -0.530. The van der Waals surface area contributed by atoms with E-state index < -0.39 is 25.2 Å². The van der Waals surface area contributed by atoms with Crippen LogP contribution in [0, 0.1) is 0 Å². The molecular formula is C15H18N2O9. The number of aryl methyl sites for hydroxylation is 1. The van der Waals surface area contributed by atoms with Gasteiger partial charge in [0, 0.05) is 13.1 Å². The van der Waals surface area contributed by atoms with E-state index in [9.17, 15) is 25.2 Å². The first kappa shape index (κ1) is 18.5. The molecule has 0 radical (unpaired) electrons. The van der Waals surface area contributed by atoms with Crippen molar-refractivity contribution in [2.45, 2.75) is 11.9 Å². The molecule has 0 saturated heterocycles. The normalized spacial score (nSPS) is 20.2. The van der Waals surface area contributed by atoms with Crippen LogP contribution in [0.15, 0.2) is 23.3 Å². The van der Waals surface area contributed by atoms with Crippen LogP contribution in [0.4, 0.5) is 0 Å². The van der Waals surface area contributed by atoms with Gasteiger partial charge in [-0.15, -0.1) is 0 Å². The first-order chi connectivity index (χ1) is 12.2. The van der Waals surface area contributed by atoms with Gasteiger partial charge in [-0.3, -0.25) is 4.79 Å². The van der Waals surface area contributed by atoms with Crippen molar-refractivity contribution in [3.05, 3.63) is 28.8 Å². The zero-order valence-corrected chi connectivity index (χ0v) is 13.8. The van der Waals surface area contributed by atoms with Gasteiger partial charge in [0.05, 0.1) is 30.4 Å². The maximum atomic E-state index is 12.2. The van der Waals surface area contributed by atoms with E-state index in [4.69, 9.17) is 9.47 Å². The minimum absolute atomic E-state index is 0.189. The maximum Gasteiger partial charge on any atom is 0.365 e. The number of aromatic nitrogens is 2. The summed E-state index contributed by atoms with van der Waals surface area (Å²) < 4.78 is 21.5. The molecule has 0 spiro atoms. The van der Waals surface area contributed by atoms with E-state index in [1.54, 1.807) is 7.05 Å². The number of hydrogen-bond acceptors (Lipinski definition) is 10. The summed E-state index contributed by atoms with van der Waals surface area (Å²) in [6.07, 6.45) is 1.37. The second-order valence-electron chi connectivity index (χ2n) is 5.59. The lowest BCUT2D eigenvalue weighted by atomic mass is 10.2. The Balaban J connectivity index is 1.93. The molecule has 11 heteroatoms. The SMILES string of the molecule is Cn1cnc2cc3c(cc2c1=O)OCCOC(O)(O)C(O)(O)OCCO3. The number of nitrogens with zero attached hydrogens (tertiary/aromatic N) is 2. The molecule has 4 N–H and O–H groups in total. The smallest absolute Gasteiger partial charge is 0.365 e. The summed E-state index contributed by atoms with van der Waals surface area (Å²) in [5, 5.41) is 38.5. The molecule has 1 aliphatic heterocycles. The number of aliphatic hydroxyl groups is 4. The van der Waals surface area contributed by atoms with Crippen LogP contribution >= 0.6 is 0 Å². The van der Waals surface area contributed by atoms with Crippen LogP contribution in [0.2, 0.25) is 0 Å². The third-order valence-electron chi connectivity index (χ3n) is 3.70. The number of ether oxygens (including phenoxy) is 4. The van der Waals surface area contributed by atoms with Crippen molar-refractivity contribution in [1.82, 2.24) is 9.55 Å². The fourth-order valence-electron chi connectivity index (χ4n) is 2.30. The van der Waals surface area contributed by atoms with Gasteiger partial charge in [-0.2, -0.15) is 0 Å². The highest BCUT2D eigenvalue weighted by Crippen LogP contribution is 2.31. The summed E-state index contributed by atoms with van der Waals surface area (Å²) in [5.41, 5.74) is 0.116. The first-order valence-electron chi connectivity index (χ1n) is 7.64. The van der Waals surface area contributed by atoms with Crippen LogP contribution in [-0.2, 0) is 16.5 Å². The molecule has 2 aromatic rings. The monoisotopic (exact) mass is 370 g/mol. The summed E-state index contributed by atoms with van der Waals surface area (Å²) in [7, 11) is 1.56. The minimum atomic E-state index is -3.37. The van der Waals surface area contributed by atoms with E-state index in [0.717, 1.165) is 0 Å². The molecule has 0 unspecified atom stereocenters. The predicted octanol–water partition coefficient (Wildman–Crippen LogP) is -1.99. The summed E-state index contributed by atoms with van der Waals surface area (Å²) in [5.74, 6) is -6.27. The fraction of sp³-hybridized carbons (Fsp3) is 0.467. The van der Waals surface area contributed by atoms with Crippen molar-refractivity contribution in [3.63, 3.8) is 0 Å². The van der Waals surface area contributed by atoms with Crippen molar-refractivity contribution in [1.29, 1.82) is 0 Å². The van der Waals surface area contributed by atoms with Gasteiger partial charge in [0.2, 0.25) is 0 Å². The highest BCUT2D eigenvalue weighted by Gasteiger charge is 2.51. The average Bonchev–Trinajstić information content (AvgIpc) is 2.58. The van der Waals surface area contributed by atoms with Crippen molar-refractivity contribution >= 4 is 10.9 Å². The Morgan fingerprint density at radius 2 is 1.50 bits per heavy atom. The quantitative estimate of drug-likeness (QED) is 0.384. The third-order valence-corrected chi connectivity index (χ3v) is 3.70. The Labute approximate surface area is 146 Å². The van der Waals surface area contributed by atoms with Crippen LogP contribution in [-0.4, -0.2) is 68.4 Å². The molecule has 2 heterocycles. The molecule has 26 heavy (non-hydrogen) atoms. The lowest BCUT2D eigenvalue weighted by Crippen LogP contribution is -2.58. The first-order valence-corrected chi connectivity index (χ1v) is 7.64. The fourth-order valence-corrected chi connectivity index (χ4v) is 2.30. The third kappa shape index (κ3) is 3.49. The van der Waals surface area contributed by atoms with Crippen molar-refractivity contribution in [2.24, 2.45) is 7.05 Å². The Bertz CT molecular complexity index is 862. The van der Waals surface area contributed by atoms with Gasteiger partial charge >= 0.3 is 11.9 Å². The largest absolute Gasteiger partial charge is 0.487 e. The Kier molecular flexibility index (Phi) is 4.84. The molecule has 0 aliphatic carbocycles. The Morgan fingerprint density at radius 1 is 0.962 bits per heavy atom. The van der Waals surface area contributed by atoms with E-state index in [0.29, 0.717) is 10.9 Å². The lowest BCUT2D eigenvalue weighted by Gasteiger charge is -2.33. The number of fused-ring (bicyclic) bond motifs is 2. The predicted molar refractivity (Wildman–Crippen MR) is 84.2 cm³/mol. The Morgan fingerprint density at radius 3 is 2.08 bits per heavy atom. The molecule has 0 bridgehead atoms. The molecule has 142 valence electrons. The van der Waals surface area contributed by atoms with Crippen molar-refractivity contribution in [2.75, 3.05) is 26.4 Å². The van der Waals surface area contributed by atoms with Gasteiger partial charge < -0.3 is 43.9 Å². The van der Waals surface area contributed by atoms with Gasteiger partial charge in [0.15, 0.2) is 11.5 Å². The molecule has 0 amide bonds. The zero-order chi connectivity index (χ0) is 18.9. The van der Waals surface area contributed by atoms with E-state index in [1.807, 2.05) is 0 Å². The van der Waals surface area contributed by atoms with Gasteiger partial charge in [-0.05, 0) is 6.07 Å². The molecule has 0 saturated carbocycles. The van der Waals surface area contributed by atoms with E-state index in [-0.39, 0.29) is 30.3 Å². The number of rotatable bonds is 0.